The maximum Gasteiger partial charge on any atom is 0.0625 e. The average molecular weight is 223 g/mol. The Morgan fingerprint density at radius 2 is 1.94 bits per heavy atom. The predicted molar refractivity (Wildman–Crippen MR) is 68.8 cm³/mol. The molecule has 1 aromatic heterocycles. The molecule has 0 spiro atoms. The highest BCUT2D eigenvalue weighted by Crippen LogP contribution is 2.10. The largest absolute Gasteiger partial charge is 0.316 e. The lowest BCUT2D eigenvalue weighted by atomic mass is 10.2. The van der Waals surface area contributed by atoms with E-state index in [-0.39, 0.29) is 0 Å². The summed E-state index contributed by atoms with van der Waals surface area (Å²) >= 11 is 0. The van der Waals surface area contributed by atoms with E-state index in [4.69, 9.17) is 0 Å². The van der Waals surface area contributed by atoms with Crippen LogP contribution in [-0.4, -0.2) is 22.9 Å². The molecule has 3 nitrogen and oxygen atoms in total. The molecule has 1 aromatic rings. The van der Waals surface area contributed by atoms with Crippen LogP contribution in [0.1, 0.15) is 37.2 Å². The van der Waals surface area contributed by atoms with Gasteiger partial charge in [0.25, 0.3) is 0 Å². The summed E-state index contributed by atoms with van der Waals surface area (Å²) in [6.07, 6.45) is 1.15. The highest BCUT2D eigenvalue weighted by molar-refractivity contribution is 5.21. The lowest BCUT2D eigenvalue weighted by molar-refractivity contribution is 0.500. The Kier molecular flexibility index (Phi) is 5.00. The quantitative estimate of drug-likeness (QED) is 0.751. The van der Waals surface area contributed by atoms with Crippen molar-refractivity contribution in [3.8, 4) is 0 Å². The highest BCUT2D eigenvalue weighted by Gasteiger charge is 2.05. The van der Waals surface area contributed by atoms with Crippen molar-refractivity contribution in [3.63, 3.8) is 0 Å². The van der Waals surface area contributed by atoms with Crippen molar-refractivity contribution in [2.75, 3.05) is 13.1 Å². The number of hydrogen-bond acceptors (Lipinski definition) is 2. The summed E-state index contributed by atoms with van der Waals surface area (Å²) in [6.45, 7) is 14.0. The van der Waals surface area contributed by atoms with Crippen molar-refractivity contribution in [3.05, 3.63) is 17.0 Å². The van der Waals surface area contributed by atoms with Crippen LogP contribution in [-0.2, 0) is 6.54 Å². The van der Waals surface area contributed by atoms with E-state index < -0.39 is 0 Å². The summed E-state index contributed by atoms with van der Waals surface area (Å²) < 4.78 is 2.13. The van der Waals surface area contributed by atoms with E-state index in [9.17, 15) is 0 Å². The van der Waals surface area contributed by atoms with Crippen LogP contribution in [0.25, 0.3) is 0 Å². The van der Waals surface area contributed by atoms with Crippen LogP contribution in [0.15, 0.2) is 0 Å². The minimum Gasteiger partial charge on any atom is -0.316 e. The van der Waals surface area contributed by atoms with Gasteiger partial charge in [0.05, 0.1) is 5.69 Å². The van der Waals surface area contributed by atoms with Gasteiger partial charge in [0.2, 0.25) is 0 Å². The molecule has 1 heterocycles. The molecule has 0 aliphatic heterocycles. The van der Waals surface area contributed by atoms with Gasteiger partial charge in [-0.05, 0) is 51.8 Å². The summed E-state index contributed by atoms with van der Waals surface area (Å²) in [5, 5.41) is 7.99. The minimum atomic E-state index is 0.732. The zero-order valence-electron chi connectivity index (χ0n) is 11.3. The maximum absolute atomic E-state index is 4.53. The normalized spacial score (nSPS) is 11.4. The monoisotopic (exact) mass is 223 g/mol. The van der Waals surface area contributed by atoms with Crippen molar-refractivity contribution in [1.82, 2.24) is 15.1 Å². The second kappa shape index (κ2) is 6.04. The SMILES string of the molecule is Cc1nn(CCCNCC(C)C)c(C)c1C. The first kappa shape index (κ1) is 13.2. The molecular formula is C13H25N3. The molecule has 0 aliphatic carbocycles. The fourth-order valence-corrected chi connectivity index (χ4v) is 1.75. The molecule has 0 bridgehead atoms. The first-order chi connectivity index (χ1) is 7.52. The standard InChI is InChI=1S/C13H25N3/c1-10(2)9-14-7-6-8-16-13(5)11(3)12(4)15-16/h10,14H,6-9H2,1-5H3. The molecule has 1 N–H and O–H groups in total. The molecule has 0 radical (unpaired) electrons. The lowest BCUT2D eigenvalue weighted by Crippen LogP contribution is -2.22. The molecule has 0 saturated carbocycles. The minimum absolute atomic E-state index is 0.732. The van der Waals surface area contributed by atoms with Gasteiger partial charge in [0.1, 0.15) is 0 Å². The van der Waals surface area contributed by atoms with Crippen molar-refractivity contribution < 1.29 is 0 Å². The summed E-state index contributed by atoms with van der Waals surface area (Å²) in [6, 6.07) is 0. The zero-order chi connectivity index (χ0) is 12.1. The van der Waals surface area contributed by atoms with Crippen LogP contribution in [0, 0.1) is 26.7 Å². The molecule has 0 aliphatic rings. The third kappa shape index (κ3) is 3.63. The summed E-state index contributed by atoms with van der Waals surface area (Å²) in [5.74, 6) is 0.732. The summed E-state index contributed by atoms with van der Waals surface area (Å²) in [5.41, 5.74) is 3.80. The number of nitrogens with zero attached hydrogens (tertiary/aromatic N) is 2. The van der Waals surface area contributed by atoms with Crippen LogP contribution >= 0.6 is 0 Å². The van der Waals surface area contributed by atoms with Crippen molar-refractivity contribution in [2.45, 2.75) is 47.6 Å². The molecule has 0 saturated heterocycles. The maximum atomic E-state index is 4.53. The third-order valence-electron chi connectivity index (χ3n) is 3.02. The van der Waals surface area contributed by atoms with E-state index in [2.05, 4.69) is 49.7 Å². The van der Waals surface area contributed by atoms with Crippen molar-refractivity contribution in [2.24, 2.45) is 5.92 Å². The van der Waals surface area contributed by atoms with Crippen molar-refractivity contribution in [1.29, 1.82) is 0 Å². The molecule has 3 heteroatoms. The molecule has 0 amide bonds. The van der Waals surface area contributed by atoms with E-state index in [0.29, 0.717) is 0 Å². The molecule has 1 rings (SSSR count). The van der Waals surface area contributed by atoms with Gasteiger partial charge < -0.3 is 5.32 Å². The van der Waals surface area contributed by atoms with Gasteiger partial charge >= 0.3 is 0 Å². The highest BCUT2D eigenvalue weighted by atomic mass is 15.3. The Balaban J connectivity index is 2.29. The third-order valence-corrected chi connectivity index (χ3v) is 3.02. The topological polar surface area (TPSA) is 29.9 Å². The number of rotatable bonds is 6. The van der Waals surface area contributed by atoms with E-state index in [1.807, 2.05) is 0 Å². The van der Waals surface area contributed by atoms with Crippen LogP contribution < -0.4 is 5.32 Å². The van der Waals surface area contributed by atoms with E-state index in [1.54, 1.807) is 0 Å². The smallest absolute Gasteiger partial charge is 0.0625 e. The van der Waals surface area contributed by atoms with Gasteiger partial charge in [-0.1, -0.05) is 13.8 Å². The number of aryl methyl sites for hydroxylation is 2. The number of hydrogen-bond donors (Lipinski definition) is 1. The number of nitrogens with one attached hydrogen (secondary N) is 1. The fourth-order valence-electron chi connectivity index (χ4n) is 1.75. The second-order valence-corrected chi connectivity index (χ2v) is 4.97. The van der Waals surface area contributed by atoms with Gasteiger partial charge in [-0.25, -0.2) is 0 Å². The Morgan fingerprint density at radius 1 is 1.25 bits per heavy atom. The van der Waals surface area contributed by atoms with Crippen LogP contribution in [0.2, 0.25) is 0 Å². The Bertz CT molecular complexity index is 326. The van der Waals surface area contributed by atoms with Gasteiger partial charge in [-0.15, -0.1) is 0 Å². The Morgan fingerprint density at radius 3 is 2.44 bits per heavy atom. The second-order valence-electron chi connectivity index (χ2n) is 4.97. The summed E-state index contributed by atoms with van der Waals surface area (Å²) in [7, 11) is 0. The Hall–Kier alpha value is -0.830. The molecule has 0 atom stereocenters. The first-order valence-corrected chi connectivity index (χ1v) is 6.23. The molecule has 0 aromatic carbocycles. The molecule has 16 heavy (non-hydrogen) atoms. The average Bonchev–Trinajstić information content (AvgIpc) is 2.45. The molecular weight excluding hydrogens is 198 g/mol. The Labute approximate surface area is 99.2 Å². The predicted octanol–water partition coefficient (Wildman–Crippen LogP) is 2.44. The first-order valence-electron chi connectivity index (χ1n) is 6.23. The summed E-state index contributed by atoms with van der Waals surface area (Å²) in [4.78, 5) is 0. The fraction of sp³-hybridized carbons (Fsp3) is 0.769. The lowest BCUT2D eigenvalue weighted by Gasteiger charge is -2.08. The van der Waals surface area contributed by atoms with Crippen molar-refractivity contribution >= 4 is 0 Å². The number of aromatic nitrogens is 2. The molecule has 0 fully saturated rings. The van der Waals surface area contributed by atoms with Gasteiger partial charge in [0.15, 0.2) is 0 Å². The van der Waals surface area contributed by atoms with Gasteiger partial charge in [0, 0.05) is 12.2 Å². The van der Waals surface area contributed by atoms with E-state index in [0.717, 1.165) is 37.7 Å². The van der Waals surface area contributed by atoms with E-state index in [1.165, 1.54) is 11.3 Å². The van der Waals surface area contributed by atoms with Crippen LogP contribution in [0.4, 0.5) is 0 Å². The van der Waals surface area contributed by atoms with Gasteiger partial charge in [-0.3, -0.25) is 4.68 Å². The van der Waals surface area contributed by atoms with Crippen LogP contribution in [0.3, 0.4) is 0 Å². The van der Waals surface area contributed by atoms with Gasteiger partial charge in [-0.2, -0.15) is 5.10 Å². The molecule has 92 valence electrons. The zero-order valence-corrected chi connectivity index (χ0v) is 11.3. The van der Waals surface area contributed by atoms with E-state index >= 15 is 0 Å². The van der Waals surface area contributed by atoms with Crippen LogP contribution in [0.5, 0.6) is 0 Å². The molecule has 0 unspecified atom stereocenters.